The zero-order valence-corrected chi connectivity index (χ0v) is 17.9. The van der Waals surface area contributed by atoms with Crippen LogP contribution in [0.25, 0.3) is 5.76 Å². The highest BCUT2D eigenvalue weighted by molar-refractivity contribution is 6.46. The maximum atomic E-state index is 12.9. The van der Waals surface area contributed by atoms with Crippen molar-refractivity contribution in [1.82, 2.24) is 4.90 Å². The number of likely N-dealkylation sites (tertiary alicyclic amines) is 1. The standard InChI is InChI=1S/C23H24ClNO5/c1-4-11-25-20(14-7-6-8-16(12-14)29-3)19(22(27)23(25)28)21(26)15-9-10-17(24)18(13-15)30-5-2/h6-10,12-13,20,26H,4-5,11H2,1-3H3/b21-19-. The SMILES string of the molecule is CCCN1C(=O)C(=O)/C(=C(\O)c2ccc(Cl)c(OCC)c2)C1c1cccc(OC)c1. The lowest BCUT2D eigenvalue weighted by Crippen LogP contribution is -2.30. The molecule has 2 aromatic carbocycles. The van der Waals surface area contributed by atoms with Gasteiger partial charge in [0.15, 0.2) is 0 Å². The molecule has 2 aromatic rings. The van der Waals surface area contributed by atoms with Gasteiger partial charge in [0, 0.05) is 12.1 Å². The van der Waals surface area contributed by atoms with E-state index in [1.54, 1.807) is 43.5 Å². The zero-order chi connectivity index (χ0) is 21.8. The van der Waals surface area contributed by atoms with Crippen molar-refractivity contribution in [2.24, 2.45) is 0 Å². The van der Waals surface area contributed by atoms with E-state index in [-0.39, 0.29) is 11.3 Å². The summed E-state index contributed by atoms with van der Waals surface area (Å²) in [5.74, 6) is -0.632. The summed E-state index contributed by atoms with van der Waals surface area (Å²) < 4.78 is 10.8. The van der Waals surface area contributed by atoms with Gasteiger partial charge in [-0.15, -0.1) is 0 Å². The molecule has 0 aliphatic carbocycles. The first-order valence-corrected chi connectivity index (χ1v) is 10.2. The van der Waals surface area contributed by atoms with Crippen LogP contribution in [0.1, 0.15) is 37.4 Å². The lowest BCUT2D eigenvalue weighted by Gasteiger charge is -2.25. The molecule has 30 heavy (non-hydrogen) atoms. The van der Waals surface area contributed by atoms with E-state index in [0.717, 1.165) is 0 Å². The Bertz CT molecular complexity index is 1000. The second kappa shape index (κ2) is 9.22. The third-order valence-electron chi connectivity index (χ3n) is 4.92. The van der Waals surface area contributed by atoms with Crippen LogP contribution in [0.2, 0.25) is 5.02 Å². The lowest BCUT2D eigenvalue weighted by molar-refractivity contribution is -0.139. The number of carbonyl (C=O) groups is 2. The van der Waals surface area contributed by atoms with Gasteiger partial charge in [0.05, 0.1) is 30.4 Å². The van der Waals surface area contributed by atoms with E-state index in [1.807, 2.05) is 19.9 Å². The molecule has 1 aliphatic heterocycles. The molecule has 1 heterocycles. The second-order valence-corrected chi connectivity index (χ2v) is 7.25. The Balaban J connectivity index is 2.19. The Hall–Kier alpha value is -2.99. The molecule has 1 N–H and O–H groups in total. The fourth-order valence-electron chi connectivity index (χ4n) is 3.58. The number of nitrogens with zero attached hydrogens (tertiary/aromatic N) is 1. The number of methoxy groups -OCH3 is 1. The quantitative estimate of drug-likeness (QED) is 0.396. The van der Waals surface area contributed by atoms with Crippen LogP contribution in [0, 0.1) is 0 Å². The molecule has 0 bridgehead atoms. The van der Waals surface area contributed by atoms with Gasteiger partial charge >= 0.3 is 0 Å². The summed E-state index contributed by atoms with van der Waals surface area (Å²) in [7, 11) is 1.55. The summed E-state index contributed by atoms with van der Waals surface area (Å²) in [5, 5.41) is 11.5. The molecular weight excluding hydrogens is 406 g/mol. The average Bonchev–Trinajstić information content (AvgIpc) is 3.00. The van der Waals surface area contributed by atoms with Crippen molar-refractivity contribution in [3.05, 3.63) is 64.2 Å². The topological polar surface area (TPSA) is 76.1 Å². The molecular formula is C23H24ClNO5. The number of amides is 1. The summed E-state index contributed by atoms with van der Waals surface area (Å²) in [6, 6.07) is 11.2. The first-order chi connectivity index (χ1) is 14.4. The van der Waals surface area contributed by atoms with Crippen LogP contribution < -0.4 is 9.47 Å². The Kier molecular flexibility index (Phi) is 6.67. The number of benzene rings is 2. The molecule has 1 unspecified atom stereocenters. The van der Waals surface area contributed by atoms with E-state index in [4.69, 9.17) is 21.1 Å². The van der Waals surface area contributed by atoms with Crippen LogP contribution in [-0.2, 0) is 9.59 Å². The fraction of sp³-hybridized carbons (Fsp3) is 0.304. The van der Waals surface area contributed by atoms with Crippen LogP contribution in [0.3, 0.4) is 0 Å². The van der Waals surface area contributed by atoms with E-state index >= 15 is 0 Å². The average molecular weight is 430 g/mol. The number of rotatable bonds is 7. The van der Waals surface area contributed by atoms with Gasteiger partial charge in [-0.2, -0.15) is 0 Å². The van der Waals surface area contributed by atoms with Gasteiger partial charge in [0.25, 0.3) is 11.7 Å². The van der Waals surface area contributed by atoms with Crippen molar-refractivity contribution in [2.75, 3.05) is 20.3 Å². The number of Topliss-reactive ketones (excluding diaryl/α,β-unsaturated/α-hetero) is 1. The highest BCUT2D eigenvalue weighted by atomic mass is 35.5. The first kappa shape index (κ1) is 21.7. The van der Waals surface area contributed by atoms with E-state index < -0.39 is 17.7 Å². The van der Waals surface area contributed by atoms with E-state index in [9.17, 15) is 14.7 Å². The first-order valence-electron chi connectivity index (χ1n) is 9.78. The van der Waals surface area contributed by atoms with Gasteiger partial charge in [-0.1, -0.05) is 30.7 Å². The number of ether oxygens (including phenoxy) is 2. The van der Waals surface area contributed by atoms with Crippen molar-refractivity contribution in [1.29, 1.82) is 0 Å². The summed E-state index contributed by atoms with van der Waals surface area (Å²) in [5.41, 5.74) is 1.07. The Morgan fingerprint density at radius 3 is 2.60 bits per heavy atom. The maximum Gasteiger partial charge on any atom is 0.295 e. The van der Waals surface area contributed by atoms with E-state index in [1.165, 1.54) is 4.90 Å². The molecule has 1 saturated heterocycles. The molecule has 0 radical (unpaired) electrons. The molecule has 1 aliphatic rings. The van der Waals surface area contributed by atoms with Crippen molar-refractivity contribution < 1.29 is 24.2 Å². The highest BCUT2D eigenvalue weighted by Crippen LogP contribution is 2.41. The predicted octanol–water partition coefficient (Wildman–Crippen LogP) is 4.58. The molecule has 1 amide bonds. The maximum absolute atomic E-state index is 12.9. The highest BCUT2D eigenvalue weighted by Gasteiger charge is 2.45. The summed E-state index contributed by atoms with van der Waals surface area (Å²) >= 11 is 6.15. The molecule has 0 aromatic heterocycles. The molecule has 6 nitrogen and oxygen atoms in total. The van der Waals surface area contributed by atoms with Crippen LogP contribution in [0.5, 0.6) is 11.5 Å². The molecule has 158 valence electrons. The molecule has 0 saturated carbocycles. The normalized spacial score (nSPS) is 18.0. The number of ketones is 1. The predicted molar refractivity (Wildman–Crippen MR) is 115 cm³/mol. The lowest BCUT2D eigenvalue weighted by atomic mass is 9.95. The van der Waals surface area contributed by atoms with Crippen molar-refractivity contribution in [3.63, 3.8) is 0 Å². The Labute approximate surface area is 180 Å². The van der Waals surface area contributed by atoms with Crippen molar-refractivity contribution >= 4 is 29.1 Å². The van der Waals surface area contributed by atoms with E-state index in [2.05, 4.69) is 0 Å². The minimum atomic E-state index is -0.721. The van der Waals surface area contributed by atoms with Crippen LogP contribution in [0.15, 0.2) is 48.0 Å². The monoisotopic (exact) mass is 429 g/mol. The van der Waals surface area contributed by atoms with Gasteiger partial charge < -0.3 is 19.5 Å². The van der Waals surface area contributed by atoms with E-state index in [0.29, 0.717) is 47.2 Å². The zero-order valence-electron chi connectivity index (χ0n) is 17.1. The molecule has 0 spiro atoms. The third-order valence-corrected chi connectivity index (χ3v) is 5.23. The summed E-state index contributed by atoms with van der Waals surface area (Å²) in [4.78, 5) is 27.2. The van der Waals surface area contributed by atoms with Gasteiger partial charge in [-0.3, -0.25) is 9.59 Å². The minimum absolute atomic E-state index is 0.0338. The van der Waals surface area contributed by atoms with Gasteiger partial charge in [0.2, 0.25) is 0 Å². The largest absolute Gasteiger partial charge is 0.507 e. The number of aliphatic hydroxyl groups excluding tert-OH is 1. The van der Waals surface area contributed by atoms with Gasteiger partial charge in [-0.05, 0) is 49.2 Å². The van der Waals surface area contributed by atoms with Crippen molar-refractivity contribution in [3.8, 4) is 11.5 Å². The van der Waals surface area contributed by atoms with Gasteiger partial charge in [-0.25, -0.2) is 0 Å². The number of aliphatic hydroxyl groups is 1. The fourth-order valence-corrected chi connectivity index (χ4v) is 3.75. The third kappa shape index (κ3) is 4.00. The van der Waals surface area contributed by atoms with Crippen LogP contribution >= 0.6 is 11.6 Å². The van der Waals surface area contributed by atoms with Gasteiger partial charge in [0.1, 0.15) is 17.3 Å². The molecule has 7 heteroatoms. The van der Waals surface area contributed by atoms with Crippen LogP contribution in [0.4, 0.5) is 0 Å². The van der Waals surface area contributed by atoms with Crippen LogP contribution in [-0.4, -0.2) is 42.0 Å². The van der Waals surface area contributed by atoms with Crippen molar-refractivity contribution in [2.45, 2.75) is 26.3 Å². The minimum Gasteiger partial charge on any atom is -0.507 e. The second-order valence-electron chi connectivity index (χ2n) is 6.85. The number of hydrogen-bond acceptors (Lipinski definition) is 5. The smallest absolute Gasteiger partial charge is 0.295 e. The summed E-state index contributed by atoms with van der Waals surface area (Å²) in [6.45, 7) is 4.53. The molecule has 3 rings (SSSR count). The number of carbonyl (C=O) groups excluding carboxylic acids is 2. The number of halogens is 1. The molecule has 1 atom stereocenters. The number of hydrogen-bond donors (Lipinski definition) is 1. The Morgan fingerprint density at radius 2 is 1.93 bits per heavy atom. The summed E-state index contributed by atoms with van der Waals surface area (Å²) in [6.07, 6.45) is 0.670. The Morgan fingerprint density at radius 1 is 1.17 bits per heavy atom. The molecule has 1 fully saturated rings.